The van der Waals surface area contributed by atoms with Crippen LogP contribution >= 0.6 is 0 Å². The summed E-state index contributed by atoms with van der Waals surface area (Å²) in [4.78, 5) is 27.9. The molecular weight excluding hydrogens is 322 g/mol. The van der Waals surface area contributed by atoms with E-state index in [9.17, 15) is 9.59 Å². The Kier molecular flexibility index (Phi) is 6.57. The molecule has 0 aromatic heterocycles. The number of anilines is 1. The molecule has 0 unspecified atom stereocenters. The minimum Gasteiger partial charge on any atom is -0.294 e. The van der Waals surface area contributed by atoms with Gasteiger partial charge in [-0.25, -0.2) is 0 Å². The zero-order chi connectivity index (χ0) is 19.4. The van der Waals surface area contributed by atoms with E-state index in [1.807, 2.05) is 19.9 Å². The highest BCUT2D eigenvalue weighted by atomic mass is 16.2. The van der Waals surface area contributed by atoms with Crippen LogP contribution in [0, 0.1) is 5.92 Å². The van der Waals surface area contributed by atoms with Gasteiger partial charge >= 0.3 is 0 Å². The molecule has 0 saturated heterocycles. The molecule has 26 heavy (non-hydrogen) atoms. The van der Waals surface area contributed by atoms with Crippen LogP contribution in [-0.2, 0) is 22.4 Å². The van der Waals surface area contributed by atoms with Gasteiger partial charge in [0, 0.05) is 11.6 Å². The molecule has 1 aliphatic rings. The summed E-state index contributed by atoms with van der Waals surface area (Å²) in [5, 5.41) is 0. The van der Waals surface area contributed by atoms with Crippen LogP contribution in [0.2, 0.25) is 0 Å². The van der Waals surface area contributed by atoms with Gasteiger partial charge in [0.25, 0.3) is 5.91 Å². The fourth-order valence-electron chi connectivity index (χ4n) is 3.55. The lowest BCUT2D eigenvalue weighted by Crippen LogP contribution is -2.30. The molecule has 0 saturated carbocycles. The van der Waals surface area contributed by atoms with Crippen LogP contribution in [0.1, 0.15) is 65.0 Å². The van der Waals surface area contributed by atoms with Crippen LogP contribution in [0.3, 0.4) is 0 Å². The number of aryl methyl sites for hydroxylation is 2. The summed E-state index contributed by atoms with van der Waals surface area (Å²) < 4.78 is 0. The second-order valence-electron chi connectivity index (χ2n) is 7.20. The number of carbonyl (C=O) groups is 2. The average Bonchev–Trinajstić information content (AvgIpc) is 2.88. The molecule has 2 rings (SSSR count). The monoisotopic (exact) mass is 353 g/mol. The lowest BCUT2D eigenvalue weighted by Gasteiger charge is -2.25. The predicted molar refractivity (Wildman–Crippen MR) is 108 cm³/mol. The molecular formula is C23H31NO2. The summed E-state index contributed by atoms with van der Waals surface area (Å²) in [6, 6.07) is 6.15. The van der Waals surface area contributed by atoms with E-state index in [-0.39, 0.29) is 17.6 Å². The molecule has 0 fully saturated rings. The van der Waals surface area contributed by atoms with E-state index in [2.05, 4.69) is 39.5 Å². The SMILES string of the molecule is C=C1C(CCCC)=C(C(=O)C(C)C)C(=O)N1c1c(CC)cccc1CC. The largest absolute Gasteiger partial charge is 0.294 e. The number of Topliss-reactive ketones (excluding diaryl/α,β-unsaturated/α-hetero) is 1. The Balaban J connectivity index is 2.61. The number of unbranched alkanes of at least 4 members (excludes halogenated alkanes) is 1. The Morgan fingerprint density at radius 2 is 1.69 bits per heavy atom. The first-order valence-electron chi connectivity index (χ1n) is 9.80. The molecule has 1 aromatic rings. The quantitative estimate of drug-likeness (QED) is 0.588. The highest BCUT2D eigenvalue weighted by Gasteiger charge is 2.39. The maximum atomic E-state index is 13.4. The second kappa shape index (κ2) is 8.48. The maximum Gasteiger partial charge on any atom is 0.266 e. The average molecular weight is 354 g/mol. The number of benzene rings is 1. The molecule has 0 aliphatic carbocycles. The molecule has 0 spiro atoms. The summed E-state index contributed by atoms with van der Waals surface area (Å²) in [6.07, 6.45) is 4.34. The van der Waals surface area contributed by atoms with Crippen molar-refractivity contribution in [2.75, 3.05) is 4.90 Å². The fourth-order valence-corrected chi connectivity index (χ4v) is 3.55. The van der Waals surface area contributed by atoms with Crippen molar-refractivity contribution < 1.29 is 9.59 Å². The van der Waals surface area contributed by atoms with Crippen molar-refractivity contribution in [1.29, 1.82) is 0 Å². The molecule has 3 nitrogen and oxygen atoms in total. The Labute approximate surface area is 157 Å². The first-order valence-corrected chi connectivity index (χ1v) is 9.80. The first-order chi connectivity index (χ1) is 12.4. The third-order valence-corrected chi connectivity index (χ3v) is 5.08. The molecule has 1 amide bonds. The van der Waals surface area contributed by atoms with Crippen LogP contribution in [0.5, 0.6) is 0 Å². The van der Waals surface area contributed by atoms with E-state index in [1.165, 1.54) is 0 Å². The van der Waals surface area contributed by atoms with E-state index in [0.717, 1.165) is 54.5 Å². The molecule has 0 bridgehead atoms. The van der Waals surface area contributed by atoms with Crippen LogP contribution in [-0.4, -0.2) is 11.7 Å². The number of rotatable bonds is 8. The Morgan fingerprint density at radius 1 is 1.12 bits per heavy atom. The predicted octanol–water partition coefficient (Wildman–Crippen LogP) is 5.38. The smallest absolute Gasteiger partial charge is 0.266 e. The van der Waals surface area contributed by atoms with Crippen molar-refractivity contribution in [3.05, 3.63) is 52.7 Å². The molecule has 3 heteroatoms. The zero-order valence-corrected chi connectivity index (χ0v) is 16.8. The molecule has 1 aliphatic heterocycles. The van der Waals surface area contributed by atoms with Crippen LogP contribution in [0.4, 0.5) is 5.69 Å². The van der Waals surface area contributed by atoms with Gasteiger partial charge in [-0.1, -0.05) is 65.8 Å². The number of allylic oxidation sites excluding steroid dienone is 1. The fraction of sp³-hybridized carbons (Fsp3) is 0.478. The number of carbonyl (C=O) groups excluding carboxylic acids is 2. The Bertz CT molecular complexity index is 733. The van der Waals surface area contributed by atoms with Gasteiger partial charge in [-0.05, 0) is 42.4 Å². The minimum atomic E-state index is -0.203. The summed E-state index contributed by atoms with van der Waals surface area (Å²) in [7, 11) is 0. The van der Waals surface area contributed by atoms with E-state index in [0.29, 0.717) is 11.3 Å². The van der Waals surface area contributed by atoms with Gasteiger partial charge < -0.3 is 0 Å². The van der Waals surface area contributed by atoms with Gasteiger partial charge in [-0.2, -0.15) is 0 Å². The topological polar surface area (TPSA) is 37.4 Å². The number of hydrogen-bond acceptors (Lipinski definition) is 2. The number of nitrogens with zero attached hydrogens (tertiary/aromatic N) is 1. The molecule has 0 atom stereocenters. The summed E-state index contributed by atoms with van der Waals surface area (Å²) in [5.41, 5.74) is 5.03. The van der Waals surface area contributed by atoms with E-state index in [1.54, 1.807) is 4.90 Å². The normalized spacial score (nSPS) is 14.8. The number of hydrogen-bond donors (Lipinski definition) is 0. The van der Waals surface area contributed by atoms with Gasteiger partial charge in [0.05, 0.1) is 11.3 Å². The minimum absolute atomic E-state index is 0.0724. The standard InChI is InChI=1S/C23H31NO2/c1-7-10-14-19-16(6)24(23(26)20(19)22(25)15(4)5)21-17(8-2)12-11-13-18(21)9-3/h11-13,15H,6-10,14H2,1-5H3. The lowest BCUT2D eigenvalue weighted by atomic mass is 9.95. The van der Waals surface area contributed by atoms with Crippen LogP contribution in [0.15, 0.2) is 41.6 Å². The van der Waals surface area contributed by atoms with Crippen molar-refractivity contribution in [3.8, 4) is 0 Å². The van der Waals surface area contributed by atoms with Crippen molar-refractivity contribution in [2.24, 2.45) is 5.92 Å². The van der Waals surface area contributed by atoms with Gasteiger partial charge in [-0.15, -0.1) is 0 Å². The number of ketones is 1. The van der Waals surface area contributed by atoms with E-state index >= 15 is 0 Å². The summed E-state index contributed by atoms with van der Waals surface area (Å²) >= 11 is 0. The molecule has 1 heterocycles. The van der Waals surface area contributed by atoms with E-state index < -0.39 is 0 Å². The van der Waals surface area contributed by atoms with Gasteiger partial charge in [-0.3, -0.25) is 14.5 Å². The number of amides is 1. The lowest BCUT2D eigenvalue weighted by molar-refractivity contribution is -0.122. The molecule has 0 N–H and O–H groups in total. The Morgan fingerprint density at radius 3 is 2.15 bits per heavy atom. The van der Waals surface area contributed by atoms with Crippen LogP contribution < -0.4 is 4.90 Å². The van der Waals surface area contributed by atoms with Crippen molar-refractivity contribution >= 4 is 17.4 Å². The molecule has 140 valence electrons. The van der Waals surface area contributed by atoms with Crippen molar-refractivity contribution in [3.63, 3.8) is 0 Å². The second-order valence-corrected chi connectivity index (χ2v) is 7.20. The van der Waals surface area contributed by atoms with Crippen molar-refractivity contribution in [1.82, 2.24) is 0 Å². The molecule has 1 aromatic carbocycles. The summed E-state index contributed by atoms with van der Waals surface area (Å²) in [5.74, 6) is -0.474. The summed E-state index contributed by atoms with van der Waals surface area (Å²) in [6.45, 7) is 14.2. The first kappa shape index (κ1) is 20.2. The van der Waals surface area contributed by atoms with Gasteiger partial charge in [0.15, 0.2) is 5.78 Å². The Hall–Kier alpha value is -2.16. The van der Waals surface area contributed by atoms with Crippen molar-refractivity contribution in [2.45, 2.75) is 66.7 Å². The van der Waals surface area contributed by atoms with Gasteiger partial charge in [0.1, 0.15) is 0 Å². The highest BCUT2D eigenvalue weighted by molar-refractivity contribution is 6.29. The third kappa shape index (κ3) is 3.53. The zero-order valence-electron chi connectivity index (χ0n) is 16.8. The highest BCUT2D eigenvalue weighted by Crippen LogP contribution is 2.40. The third-order valence-electron chi connectivity index (χ3n) is 5.08. The van der Waals surface area contributed by atoms with Crippen LogP contribution in [0.25, 0.3) is 0 Å². The van der Waals surface area contributed by atoms with Gasteiger partial charge in [0.2, 0.25) is 0 Å². The maximum absolute atomic E-state index is 13.4. The molecule has 0 radical (unpaired) electrons. The van der Waals surface area contributed by atoms with E-state index in [4.69, 9.17) is 0 Å². The number of para-hydroxylation sites is 1.